The van der Waals surface area contributed by atoms with Crippen molar-refractivity contribution in [3.05, 3.63) is 12.2 Å². The van der Waals surface area contributed by atoms with Crippen molar-refractivity contribution in [3.63, 3.8) is 0 Å². The lowest BCUT2D eigenvalue weighted by atomic mass is 10.1. The molecule has 1 atom stereocenters. The molecule has 1 N–H and O–H groups in total. The minimum absolute atomic E-state index is 0.0609. The molecular weight excluding hydrogens is 548 g/mol. The van der Waals surface area contributed by atoms with Gasteiger partial charge in [-0.25, -0.2) is 0 Å². The molecule has 5 heteroatoms. The smallest absolute Gasteiger partial charge is 0.306 e. The topological polar surface area (TPSA) is 72.8 Å². The van der Waals surface area contributed by atoms with Gasteiger partial charge in [-0.2, -0.15) is 0 Å². The number of hydrogen-bond donors (Lipinski definition) is 1. The quantitative estimate of drug-likeness (QED) is 0.0432. The van der Waals surface area contributed by atoms with Crippen molar-refractivity contribution in [2.45, 2.75) is 213 Å². The molecule has 0 amide bonds. The number of allylic oxidation sites excluding steroid dienone is 2. The van der Waals surface area contributed by atoms with Crippen molar-refractivity contribution in [3.8, 4) is 0 Å². The molecule has 0 spiro atoms. The summed E-state index contributed by atoms with van der Waals surface area (Å²) >= 11 is 0. The van der Waals surface area contributed by atoms with Gasteiger partial charge in [0.2, 0.25) is 0 Å². The monoisotopic (exact) mass is 623 g/mol. The maximum Gasteiger partial charge on any atom is 0.306 e. The fourth-order valence-electron chi connectivity index (χ4n) is 5.61. The molecule has 0 saturated carbocycles. The average molecular weight is 623 g/mol. The van der Waals surface area contributed by atoms with Gasteiger partial charge in [0.1, 0.15) is 6.61 Å². The van der Waals surface area contributed by atoms with Crippen LogP contribution in [0.3, 0.4) is 0 Å². The van der Waals surface area contributed by atoms with E-state index in [1.807, 2.05) is 0 Å². The summed E-state index contributed by atoms with van der Waals surface area (Å²) in [5.41, 5.74) is 0. The maximum atomic E-state index is 12.1. The minimum Gasteiger partial charge on any atom is -0.462 e. The predicted molar refractivity (Wildman–Crippen MR) is 187 cm³/mol. The summed E-state index contributed by atoms with van der Waals surface area (Å²) in [7, 11) is 0. The number of ether oxygens (including phenoxy) is 2. The number of esters is 2. The Bertz CT molecular complexity index is 632. The zero-order chi connectivity index (χ0) is 32.2. The highest BCUT2D eigenvalue weighted by molar-refractivity contribution is 5.70. The Labute approximate surface area is 273 Å². The van der Waals surface area contributed by atoms with Crippen molar-refractivity contribution < 1.29 is 24.2 Å². The normalized spacial score (nSPS) is 12.2. The third kappa shape index (κ3) is 33.5. The van der Waals surface area contributed by atoms with Crippen LogP contribution in [-0.2, 0) is 19.1 Å². The van der Waals surface area contributed by atoms with Crippen molar-refractivity contribution in [1.29, 1.82) is 0 Å². The van der Waals surface area contributed by atoms with Crippen LogP contribution >= 0.6 is 0 Å². The Kier molecular flexibility index (Phi) is 35.0. The molecule has 260 valence electrons. The standard InChI is InChI=1S/C39H74O5/c1-3-5-7-9-11-13-15-16-17-18-19-20-21-22-24-26-28-30-32-34-39(42)44-37(35-40)36-43-38(41)33-31-29-27-25-23-14-12-10-8-6-4-2/h16-17,37,40H,3-15,18-36H2,1-2H3/t37-/m0/s1. The van der Waals surface area contributed by atoms with Gasteiger partial charge in [0.15, 0.2) is 6.10 Å². The third-order valence-corrected chi connectivity index (χ3v) is 8.56. The molecule has 0 aromatic heterocycles. The second kappa shape index (κ2) is 36.1. The van der Waals surface area contributed by atoms with Crippen LogP contribution in [0.1, 0.15) is 206 Å². The fourth-order valence-corrected chi connectivity index (χ4v) is 5.61. The van der Waals surface area contributed by atoms with Crippen LogP contribution in [0.2, 0.25) is 0 Å². The molecule has 0 rings (SSSR count). The number of unbranched alkanes of at least 4 members (excludes halogenated alkanes) is 25. The Morgan fingerprint density at radius 3 is 1.23 bits per heavy atom. The van der Waals surface area contributed by atoms with E-state index in [1.54, 1.807) is 0 Å². The van der Waals surface area contributed by atoms with Gasteiger partial charge in [-0.3, -0.25) is 9.59 Å². The van der Waals surface area contributed by atoms with Crippen molar-refractivity contribution in [2.24, 2.45) is 0 Å². The first-order valence-corrected chi connectivity index (χ1v) is 19.2. The molecule has 0 aliphatic carbocycles. The van der Waals surface area contributed by atoms with Gasteiger partial charge in [-0.15, -0.1) is 0 Å². The zero-order valence-corrected chi connectivity index (χ0v) is 29.4. The molecule has 0 aromatic carbocycles. The SMILES string of the molecule is CCCCCCCCC=CCCCCCCCCCCCC(=O)O[C@@H](CO)COC(=O)CCCCCCCCCCCCC. The van der Waals surface area contributed by atoms with Crippen LogP contribution in [-0.4, -0.2) is 36.4 Å². The van der Waals surface area contributed by atoms with Gasteiger partial charge < -0.3 is 14.6 Å². The second-order valence-corrected chi connectivity index (χ2v) is 13.0. The molecule has 0 unspecified atom stereocenters. The largest absolute Gasteiger partial charge is 0.462 e. The zero-order valence-electron chi connectivity index (χ0n) is 29.4. The minimum atomic E-state index is -0.764. The van der Waals surface area contributed by atoms with Crippen LogP contribution in [0, 0.1) is 0 Å². The van der Waals surface area contributed by atoms with Crippen molar-refractivity contribution in [2.75, 3.05) is 13.2 Å². The Morgan fingerprint density at radius 1 is 0.500 bits per heavy atom. The molecule has 0 bridgehead atoms. The molecule has 5 nitrogen and oxygen atoms in total. The van der Waals surface area contributed by atoms with Crippen LogP contribution in [0.15, 0.2) is 12.2 Å². The van der Waals surface area contributed by atoms with E-state index >= 15 is 0 Å². The van der Waals surface area contributed by atoms with E-state index in [2.05, 4.69) is 26.0 Å². The Balaban J connectivity index is 3.51. The van der Waals surface area contributed by atoms with Gasteiger partial charge in [0.25, 0.3) is 0 Å². The van der Waals surface area contributed by atoms with E-state index < -0.39 is 6.10 Å². The molecule has 44 heavy (non-hydrogen) atoms. The lowest BCUT2D eigenvalue weighted by molar-refractivity contribution is -0.161. The summed E-state index contributed by atoms with van der Waals surface area (Å²) in [6.07, 6.45) is 39.8. The highest BCUT2D eigenvalue weighted by Crippen LogP contribution is 2.14. The van der Waals surface area contributed by atoms with E-state index in [0.717, 1.165) is 38.5 Å². The number of carbonyl (C=O) groups is 2. The molecule has 0 aliphatic rings. The van der Waals surface area contributed by atoms with Crippen LogP contribution < -0.4 is 0 Å². The van der Waals surface area contributed by atoms with Gasteiger partial charge in [-0.1, -0.05) is 167 Å². The molecule has 0 heterocycles. The highest BCUT2D eigenvalue weighted by Gasteiger charge is 2.16. The number of aliphatic hydroxyl groups excluding tert-OH is 1. The first kappa shape index (κ1) is 42.6. The van der Waals surface area contributed by atoms with Crippen molar-refractivity contribution in [1.82, 2.24) is 0 Å². The number of hydrogen-bond acceptors (Lipinski definition) is 5. The summed E-state index contributed by atoms with van der Waals surface area (Å²) in [6.45, 7) is 4.13. The summed E-state index contributed by atoms with van der Waals surface area (Å²) < 4.78 is 10.6. The predicted octanol–water partition coefficient (Wildman–Crippen LogP) is 11.7. The van der Waals surface area contributed by atoms with E-state index in [-0.39, 0.29) is 25.2 Å². The molecule has 0 aromatic rings. The lowest BCUT2D eigenvalue weighted by Gasteiger charge is -2.15. The summed E-state index contributed by atoms with van der Waals surface area (Å²) in [5.74, 6) is -0.586. The van der Waals surface area contributed by atoms with E-state index in [4.69, 9.17) is 9.47 Å². The molecule has 0 fully saturated rings. The number of aliphatic hydroxyl groups is 1. The number of carbonyl (C=O) groups excluding carboxylic acids is 2. The lowest BCUT2D eigenvalue weighted by Crippen LogP contribution is -2.28. The van der Waals surface area contributed by atoms with Gasteiger partial charge in [0.05, 0.1) is 6.61 Å². The third-order valence-electron chi connectivity index (χ3n) is 8.56. The summed E-state index contributed by atoms with van der Waals surface area (Å²) in [6, 6.07) is 0. The number of rotatable bonds is 35. The Morgan fingerprint density at radius 2 is 0.841 bits per heavy atom. The Hall–Kier alpha value is -1.36. The first-order chi connectivity index (χ1) is 21.6. The van der Waals surface area contributed by atoms with Crippen molar-refractivity contribution >= 4 is 11.9 Å². The summed E-state index contributed by atoms with van der Waals surface area (Å²) in [4.78, 5) is 24.2. The van der Waals surface area contributed by atoms with Crippen LogP contribution in [0.25, 0.3) is 0 Å². The van der Waals surface area contributed by atoms with Crippen LogP contribution in [0.5, 0.6) is 0 Å². The fraction of sp³-hybridized carbons (Fsp3) is 0.897. The average Bonchev–Trinajstić information content (AvgIpc) is 3.02. The maximum absolute atomic E-state index is 12.1. The second-order valence-electron chi connectivity index (χ2n) is 13.0. The van der Waals surface area contributed by atoms with Gasteiger partial charge >= 0.3 is 11.9 Å². The van der Waals surface area contributed by atoms with E-state index in [0.29, 0.717) is 12.8 Å². The van der Waals surface area contributed by atoms with E-state index in [1.165, 1.54) is 141 Å². The molecule has 0 saturated heterocycles. The van der Waals surface area contributed by atoms with Crippen LogP contribution in [0.4, 0.5) is 0 Å². The van der Waals surface area contributed by atoms with Gasteiger partial charge in [-0.05, 0) is 38.5 Å². The van der Waals surface area contributed by atoms with Gasteiger partial charge in [0, 0.05) is 12.8 Å². The first-order valence-electron chi connectivity index (χ1n) is 19.2. The summed E-state index contributed by atoms with van der Waals surface area (Å²) in [5, 5.41) is 9.53. The highest BCUT2D eigenvalue weighted by atomic mass is 16.6. The van der Waals surface area contributed by atoms with E-state index in [9.17, 15) is 14.7 Å². The molecule has 0 aliphatic heterocycles. The molecular formula is C39H74O5. The molecule has 0 radical (unpaired) electrons.